The SMILES string of the molecule is CC(C)CCN(C)Cc1cccc(NN)n1. The highest BCUT2D eigenvalue weighted by molar-refractivity contribution is 5.33. The second kappa shape index (κ2) is 6.45. The zero-order valence-corrected chi connectivity index (χ0v) is 10.4. The van der Waals surface area contributed by atoms with E-state index in [0.717, 1.165) is 30.5 Å². The Morgan fingerprint density at radius 3 is 2.81 bits per heavy atom. The number of nitrogen functional groups attached to an aromatic ring is 1. The second-order valence-electron chi connectivity index (χ2n) is 4.58. The normalized spacial score (nSPS) is 11.1. The van der Waals surface area contributed by atoms with E-state index in [9.17, 15) is 0 Å². The molecule has 0 saturated heterocycles. The van der Waals surface area contributed by atoms with Gasteiger partial charge in [-0.25, -0.2) is 10.8 Å². The predicted molar refractivity (Wildman–Crippen MR) is 67.8 cm³/mol. The van der Waals surface area contributed by atoms with Crippen LogP contribution in [0.2, 0.25) is 0 Å². The van der Waals surface area contributed by atoms with Crippen LogP contribution in [-0.4, -0.2) is 23.5 Å². The minimum absolute atomic E-state index is 0.717. The molecule has 0 aliphatic rings. The van der Waals surface area contributed by atoms with Gasteiger partial charge in [-0.1, -0.05) is 19.9 Å². The van der Waals surface area contributed by atoms with Crippen LogP contribution in [0.5, 0.6) is 0 Å². The van der Waals surface area contributed by atoms with Crippen molar-refractivity contribution in [3.05, 3.63) is 23.9 Å². The molecule has 4 heteroatoms. The molecule has 16 heavy (non-hydrogen) atoms. The summed E-state index contributed by atoms with van der Waals surface area (Å²) >= 11 is 0. The predicted octanol–water partition coefficient (Wildman–Crippen LogP) is 1.85. The first-order valence-corrected chi connectivity index (χ1v) is 5.73. The Morgan fingerprint density at radius 2 is 2.19 bits per heavy atom. The topological polar surface area (TPSA) is 54.2 Å². The van der Waals surface area contributed by atoms with Crippen molar-refractivity contribution < 1.29 is 0 Å². The third kappa shape index (κ3) is 4.59. The highest BCUT2D eigenvalue weighted by Gasteiger charge is 2.03. The van der Waals surface area contributed by atoms with Gasteiger partial charge in [-0.2, -0.15) is 0 Å². The van der Waals surface area contributed by atoms with Crippen molar-refractivity contribution in [3.63, 3.8) is 0 Å². The smallest absolute Gasteiger partial charge is 0.140 e. The van der Waals surface area contributed by atoms with E-state index >= 15 is 0 Å². The van der Waals surface area contributed by atoms with Gasteiger partial charge in [0.1, 0.15) is 5.82 Å². The third-order valence-electron chi connectivity index (χ3n) is 2.47. The Morgan fingerprint density at radius 1 is 1.44 bits per heavy atom. The lowest BCUT2D eigenvalue weighted by atomic mass is 10.1. The molecule has 1 aromatic heterocycles. The molecule has 4 nitrogen and oxygen atoms in total. The van der Waals surface area contributed by atoms with Crippen LogP contribution in [0.3, 0.4) is 0 Å². The van der Waals surface area contributed by atoms with Crippen molar-refractivity contribution in [3.8, 4) is 0 Å². The molecule has 3 N–H and O–H groups in total. The van der Waals surface area contributed by atoms with E-state index in [-0.39, 0.29) is 0 Å². The van der Waals surface area contributed by atoms with E-state index in [1.807, 2.05) is 18.2 Å². The number of nitrogens with zero attached hydrogens (tertiary/aromatic N) is 2. The summed E-state index contributed by atoms with van der Waals surface area (Å²) in [7, 11) is 2.12. The summed E-state index contributed by atoms with van der Waals surface area (Å²) < 4.78 is 0. The molecule has 0 bridgehead atoms. The first kappa shape index (κ1) is 12.9. The number of pyridine rings is 1. The molecule has 1 heterocycles. The Bertz CT molecular complexity index is 312. The van der Waals surface area contributed by atoms with Gasteiger partial charge in [0.25, 0.3) is 0 Å². The lowest BCUT2D eigenvalue weighted by Gasteiger charge is -2.17. The number of hydrogen-bond donors (Lipinski definition) is 2. The Hall–Kier alpha value is -1.13. The fraction of sp³-hybridized carbons (Fsp3) is 0.583. The van der Waals surface area contributed by atoms with Crippen molar-refractivity contribution in [1.82, 2.24) is 9.88 Å². The largest absolute Gasteiger partial charge is 0.308 e. The zero-order chi connectivity index (χ0) is 12.0. The van der Waals surface area contributed by atoms with Gasteiger partial charge >= 0.3 is 0 Å². The molecule has 0 radical (unpaired) electrons. The van der Waals surface area contributed by atoms with Crippen LogP contribution in [0.1, 0.15) is 26.0 Å². The summed E-state index contributed by atoms with van der Waals surface area (Å²) in [6.07, 6.45) is 1.21. The molecular formula is C12H22N4. The Balaban J connectivity index is 2.45. The van der Waals surface area contributed by atoms with Crippen molar-refractivity contribution in [2.45, 2.75) is 26.8 Å². The van der Waals surface area contributed by atoms with Gasteiger partial charge in [0.15, 0.2) is 0 Å². The van der Waals surface area contributed by atoms with Gasteiger partial charge in [-0.15, -0.1) is 0 Å². The average molecular weight is 222 g/mol. The number of anilines is 1. The van der Waals surface area contributed by atoms with Crippen LogP contribution in [0.15, 0.2) is 18.2 Å². The quantitative estimate of drug-likeness (QED) is 0.569. The Kier molecular flexibility index (Phi) is 5.22. The number of nitrogens with two attached hydrogens (primary N) is 1. The van der Waals surface area contributed by atoms with Crippen molar-refractivity contribution in [2.75, 3.05) is 19.0 Å². The molecule has 0 unspecified atom stereocenters. The molecule has 0 amide bonds. The van der Waals surface area contributed by atoms with Gasteiger partial charge < -0.3 is 10.3 Å². The number of rotatable bonds is 6. The summed E-state index contributed by atoms with van der Waals surface area (Å²) in [5.74, 6) is 6.78. The van der Waals surface area contributed by atoms with Gasteiger partial charge in [-0.3, -0.25) is 0 Å². The molecule has 0 aromatic carbocycles. The standard InChI is InChI=1S/C12H22N4/c1-10(2)7-8-16(3)9-11-5-4-6-12(14-11)15-13/h4-6,10H,7-9,13H2,1-3H3,(H,14,15). The van der Waals surface area contributed by atoms with E-state index in [2.05, 4.69) is 36.2 Å². The van der Waals surface area contributed by atoms with E-state index in [0.29, 0.717) is 0 Å². The molecule has 90 valence electrons. The highest BCUT2D eigenvalue weighted by Crippen LogP contribution is 2.07. The molecular weight excluding hydrogens is 200 g/mol. The van der Waals surface area contributed by atoms with Crippen molar-refractivity contribution >= 4 is 5.82 Å². The van der Waals surface area contributed by atoms with Crippen LogP contribution in [-0.2, 0) is 6.54 Å². The van der Waals surface area contributed by atoms with Crippen molar-refractivity contribution in [2.24, 2.45) is 11.8 Å². The van der Waals surface area contributed by atoms with Crippen LogP contribution < -0.4 is 11.3 Å². The maximum absolute atomic E-state index is 5.32. The fourth-order valence-corrected chi connectivity index (χ4v) is 1.48. The highest BCUT2D eigenvalue weighted by atomic mass is 15.2. The number of hydrogen-bond acceptors (Lipinski definition) is 4. The summed E-state index contributed by atoms with van der Waals surface area (Å²) in [6.45, 7) is 6.44. The molecule has 0 fully saturated rings. The van der Waals surface area contributed by atoms with Gasteiger partial charge in [0.2, 0.25) is 0 Å². The average Bonchev–Trinajstić information content (AvgIpc) is 2.26. The Labute approximate surface area is 97.8 Å². The van der Waals surface area contributed by atoms with Crippen LogP contribution >= 0.6 is 0 Å². The maximum atomic E-state index is 5.32. The summed E-state index contributed by atoms with van der Waals surface area (Å²) in [4.78, 5) is 6.66. The van der Waals surface area contributed by atoms with E-state index in [1.54, 1.807) is 0 Å². The molecule has 1 aromatic rings. The molecule has 1 rings (SSSR count). The van der Waals surface area contributed by atoms with E-state index in [1.165, 1.54) is 6.42 Å². The van der Waals surface area contributed by atoms with Crippen molar-refractivity contribution in [1.29, 1.82) is 0 Å². The molecule has 0 aliphatic heterocycles. The molecule has 0 spiro atoms. The fourth-order valence-electron chi connectivity index (χ4n) is 1.48. The summed E-state index contributed by atoms with van der Waals surface area (Å²) in [6, 6.07) is 5.85. The first-order chi connectivity index (χ1) is 7.61. The first-order valence-electron chi connectivity index (χ1n) is 5.73. The number of nitrogens with one attached hydrogen (secondary N) is 1. The van der Waals surface area contributed by atoms with Crippen LogP contribution in [0, 0.1) is 5.92 Å². The molecule has 0 atom stereocenters. The third-order valence-corrected chi connectivity index (χ3v) is 2.47. The summed E-state index contributed by atoms with van der Waals surface area (Å²) in [5.41, 5.74) is 3.60. The minimum atomic E-state index is 0.717. The van der Waals surface area contributed by atoms with Crippen LogP contribution in [0.25, 0.3) is 0 Å². The minimum Gasteiger partial charge on any atom is -0.308 e. The van der Waals surface area contributed by atoms with Gasteiger partial charge in [0.05, 0.1) is 5.69 Å². The van der Waals surface area contributed by atoms with E-state index < -0.39 is 0 Å². The maximum Gasteiger partial charge on any atom is 0.140 e. The molecule has 0 saturated carbocycles. The number of aromatic nitrogens is 1. The zero-order valence-electron chi connectivity index (χ0n) is 10.4. The van der Waals surface area contributed by atoms with Gasteiger partial charge in [-0.05, 0) is 38.1 Å². The lowest BCUT2D eigenvalue weighted by Crippen LogP contribution is -2.21. The van der Waals surface area contributed by atoms with E-state index in [4.69, 9.17) is 5.84 Å². The summed E-state index contributed by atoms with van der Waals surface area (Å²) in [5, 5.41) is 0. The van der Waals surface area contributed by atoms with Crippen LogP contribution in [0.4, 0.5) is 5.82 Å². The lowest BCUT2D eigenvalue weighted by molar-refractivity contribution is 0.300. The number of hydrazine groups is 1. The molecule has 0 aliphatic carbocycles. The van der Waals surface area contributed by atoms with Gasteiger partial charge in [0, 0.05) is 6.54 Å². The second-order valence-corrected chi connectivity index (χ2v) is 4.58. The monoisotopic (exact) mass is 222 g/mol.